The summed E-state index contributed by atoms with van der Waals surface area (Å²) in [7, 11) is 1.33. The van der Waals surface area contributed by atoms with Crippen LogP contribution in [0, 0.1) is 0 Å². The molecule has 0 aromatic heterocycles. The molecule has 4 nitrogen and oxygen atoms in total. The fourth-order valence-corrected chi connectivity index (χ4v) is 3.37. The first-order valence-corrected chi connectivity index (χ1v) is 8.64. The van der Waals surface area contributed by atoms with Crippen LogP contribution in [0.1, 0.15) is 45.2 Å². The minimum atomic E-state index is -0.435. The highest BCUT2D eigenvalue weighted by Gasteiger charge is 2.30. The molecule has 5 heteroatoms. The molecule has 124 valence electrons. The number of ether oxygens (including phenoxy) is 1. The summed E-state index contributed by atoms with van der Waals surface area (Å²) in [4.78, 5) is 26.5. The van der Waals surface area contributed by atoms with Crippen LogP contribution in [0.4, 0.5) is 0 Å². The van der Waals surface area contributed by atoms with Crippen molar-refractivity contribution in [1.29, 1.82) is 0 Å². The Morgan fingerprint density at radius 1 is 1.12 bits per heavy atom. The number of hydrogen-bond donors (Lipinski definition) is 0. The third kappa shape index (κ3) is 3.36. The average Bonchev–Trinajstić information content (AvgIpc) is 3.10. The highest BCUT2D eigenvalue weighted by Crippen LogP contribution is 2.33. The van der Waals surface area contributed by atoms with Crippen LogP contribution in [0.3, 0.4) is 0 Å². The first kappa shape index (κ1) is 16.7. The minimum Gasteiger partial charge on any atom is -0.465 e. The van der Waals surface area contributed by atoms with E-state index in [4.69, 9.17) is 4.74 Å². The molecule has 2 aromatic rings. The van der Waals surface area contributed by atoms with Crippen molar-refractivity contribution in [1.82, 2.24) is 4.90 Å². The Labute approximate surface area is 149 Å². The molecule has 0 radical (unpaired) electrons. The van der Waals surface area contributed by atoms with E-state index in [2.05, 4.69) is 15.9 Å². The maximum atomic E-state index is 12.9. The molecule has 1 amide bonds. The van der Waals surface area contributed by atoms with Crippen LogP contribution in [0.5, 0.6) is 0 Å². The lowest BCUT2D eigenvalue weighted by atomic mass is 10.0. The van der Waals surface area contributed by atoms with Crippen LogP contribution >= 0.6 is 15.9 Å². The Bertz CT molecular complexity index is 757. The van der Waals surface area contributed by atoms with Gasteiger partial charge in [-0.3, -0.25) is 4.79 Å². The molecule has 1 aliphatic heterocycles. The molecule has 2 aromatic carbocycles. The van der Waals surface area contributed by atoms with Crippen molar-refractivity contribution in [2.75, 3.05) is 13.7 Å². The lowest BCUT2D eigenvalue weighted by Gasteiger charge is -2.25. The van der Waals surface area contributed by atoms with Gasteiger partial charge in [-0.25, -0.2) is 4.79 Å². The summed E-state index contributed by atoms with van der Waals surface area (Å²) in [5, 5.41) is 0. The SMILES string of the molecule is COC(=O)c1cccc(C(=O)N2CCCC2c2ccc(Br)cc2)c1. The monoisotopic (exact) mass is 387 g/mol. The van der Waals surface area contributed by atoms with E-state index in [0.717, 1.165) is 29.4 Å². The Morgan fingerprint density at radius 3 is 2.54 bits per heavy atom. The van der Waals surface area contributed by atoms with E-state index in [1.165, 1.54) is 7.11 Å². The highest BCUT2D eigenvalue weighted by atomic mass is 79.9. The molecule has 0 bridgehead atoms. The molecule has 1 fully saturated rings. The van der Waals surface area contributed by atoms with Crippen molar-refractivity contribution in [3.63, 3.8) is 0 Å². The van der Waals surface area contributed by atoms with Gasteiger partial charge in [-0.2, -0.15) is 0 Å². The number of amides is 1. The molecule has 1 unspecified atom stereocenters. The Hall–Kier alpha value is -2.14. The summed E-state index contributed by atoms with van der Waals surface area (Å²) >= 11 is 3.44. The van der Waals surface area contributed by atoms with E-state index in [1.807, 2.05) is 29.2 Å². The lowest BCUT2D eigenvalue weighted by molar-refractivity contribution is 0.0600. The van der Waals surface area contributed by atoms with Crippen molar-refractivity contribution >= 4 is 27.8 Å². The van der Waals surface area contributed by atoms with Crippen molar-refractivity contribution in [3.05, 3.63) is 69.7 Å². The quantitative estimate of drug-likeness (QED) is 0.740. The van der Waals surface area contributed by atoms with E-state index in [-0.39, 0.29) is 11.9 Å². The summed E-state index contributed by atoms with van der Waals surface area (Å²) in [6.07, 6.45) is 1.92. The summed E-state index contributed by atoms with van der Waals surface area (Å²) < 4.78 is 5.75. The van der Waals surface area contributed by atoms with Gasteiger partial charge in [-0.15, -0.1) is 0 Å². The minimum absolute atomic E-state index is 0.0498. The van der Waals surface area contributed by atoms with Crippen LogP contribution in [0.2, 0.25) is 0 Å². The Morgan fingerprint density at radius 2 is 1.83 bits per heavy atom. The van der Waals surface area contributed by atoms with Gasteiger partial charge in [0, 0.05) is 16.6 Å². The highest BCUT2D eigenvalue weighted by molar-refractivity contribution is 9.10. The first-order chi connectivity index (χ1) is 11.6. The normalized spacial score (nSPS) is 16.9. The molecule has 1 aliphatic rings. The molecule has 1 heterocycles. The Kier molecular flexibility index (Phi) is 5.00. The molecule has 0 spiro atoms. The largest absolute Gasteiger partial charge is 0.465 e. The van der Waals surface area contributed by atoms with Gasteiger partial charge in [0.2, 0.25) is 0 Å². The maximum Gasteiger partial charge on any atom is 0.337 e. The van der Waals surface area contributed by atoms with E-state index in [1.54, 1.807) is 24.3 Å². The lowest BCUT2D eigenvalue weighted by Crippen LogP contribution is -2.30. The van der Waals surface area contributed by atoms with Gasteiger partial charge in [0.05, 0.1) is 18.7 Å². The van der Waals surface area contributed by atoms with Gasteiger partial charge >= 0.3 is 5.97 Å². The average molecular weight is 388 g/mol. The zero-order chi connectivity index (χ0) is 17.1. The van der Waals surface area contributed by atoms with Gasteiger partial charge in [-0.1, -0.05) is 34.1 Å². The van der Waals surface area contributed by atoms with Crippen LogP contribution in [-0.4, -0.2) is 30.4 Å². The van der Waals surface area contributed by atoms with Crippen molar-refractivity contribution in [3.8, 4) is 0 Å². The van der Waals surface area contributed by atoms with Crippen LogP contribution < -0.4 is 0 Å². The van der Waals surface area contributed by atoms with Crippen molar-refractivity contribution in [2.24, 2.45) is 0 Å². The topological polar surface area (TPSA) is 46.6 Å². The molecular formula is C19H18BrNO3. The number of likely N-dealkylation sites (tertiary alicyclic amines) is 1. The predicted octanol–water partition coefficient (Wildman–Crippen LogP) is 4.21. The fraction of sp³-hybridized carbons (Fsp3) is 0.263. The number of carbonyl (C=O) groups excluding carboxylic acids is 2. The molecule has 0 N–H and O–H groups in total. The number of esters is 1. The number of halogens is 1. The summed E-state index contributed by atoms with van der Waals surface area (Å²) in [6, 6.07) is 14.9. The second-order valence-electron chi connectivity index (χ2n) is 5.78. The summed E-state index contributed by atoms with van der Waals surface area (Å²) in [5.41, 5.74) is 2.04. The van der Waals surface area contributed by atoms with Crippen LogP contribution in [-0.2, 0) is 4.74 Å². The van der Waals surface area contributed by atoms with Crippen molar-refractivity contribution < 1.29 is 14.3 Å². The second kappa shape index (κ2) is 7.18. The summed E-state index contributed by atoms with van der Waals surface area (Å²) in [5.74, 6) is -0.485. The molecule has 0 saturated carbocycles. The molecule has 3 rings (SSSR count). The van der Waals surface area contributed by atoms with Gasteiger partial charge in [-0.05, 0) is 48.7 Å². The zero-order valence-corrected chi connectivity index (χ0v) is 15.0. The van der Waals surface area contributed by atoms with Crippen LogP contribution in [0.25, 0.3) is 0 Å². The number of benzene rings is 2. The predicted molar refractivity (Wildman–Crippen MR) is 94.9 cm³/mol. The number of hydrogen-bond acceptors (Lipinski definition) is 3. The third-order valence-corrected chi connectivity index (χ3v) is 4.83. The van der Waals surface area contributed by atoms with E-state index < -0.39 is 5.97 Å². The van der Waals surface area contributed by atoms with Gasteiger partial charge in [0.15, 0.2) is 0 Å². The fourth-order valence-electron chi connectivity index (χ4n) is 3.10. The second-order valence-corrected chi connectivity index (χ2v) is 6.70. The van der Waals surface area contributed by atoms with E-state index >= 15 is 0 Å². The molecule has 1 atom stereocenters. The van der Waals surface area contributed by atoms with Gasteiger partial charge in [0.1, 0.15) is 0 Å². The smallest absolute Gasteiger partial charge is 0.337 e. The Balaban J connectivity index is 1.86. The molecule has 24 heavy (non-hydrogen) atoms. The van der Waals surface area contributed by atoms with E-state index in [9.17, 15) is 9.59 Å². The van der Waals surface area contributed by atoms with Gasteiger partial charge in [0.25, 0.3) is 5.91 Å². The van der Waals surface area contributed by atoms with E-state index in [0.29, 0.717) is 11.1 Å². The van der Waals surface area contributed by atoms with Gasteiger partial charge < -0.3 is 9.64 Å². The molecule has 0 aliphatic carbocycles. The number of methoxy groups -OCH3 is 1. The number of carbonyl (C=O) groups is 2. The molecule has 1 saturated heterocycles. The first-order valence-electron chi connectivity index (χ1n) is 7.85. The summed E-state index contributed by atoms with van der Waals surface area (Å²) in [6.45, 7) is 0.724. The van der Waals surface area contributed by atoms with Crippen LogP contribution in [0.15, 0.2) is 53.0 Å². The van der Waals surface area contributed by atoms with Crippen molar-refractivity contribution in [2.45, 2.75) is 18.9 Å². The standard InChI is InChI=1S/C19H18BrNO3/c1-24-19(23)15-5-2-4-14(12-15)18(22)21-11-3-6-17(21)13-7-9-16(20)10-8-13/h2,4-5,7-10,12,17H,3,6,11H2,1H3. The maximum absolute atomic E-state index is 12.9. The number of nitrogens with zero attached hydrogens (tertiary/aromatic N) is 1. The molecular weight excluding hydrogens is 370 g/mol. The number of rotatable bonds is 3. The zero-order valence-electron chi connectivity index (χ0n) is 13.4. The third-order valence-electron chi connectivity index (χ3n) is 4.30.